The van der Waals surface area contributed by atoms with E-state index in [4.69, 9.17) is 0 Å². The molecule has 3 rings (SSSR count). The maximum Gasteiger partial charge on any atom is 0.402 e. The van der Waals surface area contributed by atoms with Crippen LogP contribution < -0.4 is 5.32 Å². The van der Waals surface area contributed by atoms with Crippen molar-refractivity contribution >= 4 is 5.91 Å². The van der Waals surface area contributed by atoms with Crippen LogP contribution in [0.4, 0.5) is 13.2 Å². The topological polar surface area (TPSA) is 29.1 Å². The molecule has 1 N–H and O–H groups in total. The average Bonchev–Trinajstić information content (AvgIpc) is 2.38. The minimum Gasteiger partial charge on any atom is -0.350 e. The van der Waals surface area contributed by atoms with Crippen LogP contribution in [0, 0.1) is 16.7 Å². The summed E-state index contributed by atoms with van der Waals surface area (Å²) in [6.45, 7) is 6.37. The number of halogens is 3. The van der Waals surface area contributed by atoms with E-state index in [2.05, 4.69) is 19.2 Å². The Morgan fingerprint density at radius 3 is 1.81 bits per heavy atom. The van der Waals surface area contributed by atoms with Crippen LogP contribution in [0.1, 0.15) is 67.6 Å². The quantitative estimate of drug-likeness (QED) is 0.805. The molecule has 5 heteroatoms. The molecule has 0 aromatic heterocycles. The van der Waals surface area contributed by atoms with Crippen LogP contribution in [0.3, 0.4) is 0 Å². The van der Waals surface area contributed by atoms with Crippen molar-refractivity contribution in [3.63, 3.8) is 0 Å². The monoisotopic (exact) mass is 307 g/mol. The molecule has 21 heavy (non-hydrogen) atoms. The first-order valence-corrected chi connectivity index (χ1v) is 7.84. The highest BCUT2D eigenvalue weighted by Gasteiger charge is 2.56. The summed E-state index contributed by atoms with van der Waals surface area (Å²) in [4.78, 5) is 12.1. The summed E-state index contributed by atoms with van der Waals surface area (Å²) in [5.74, 6) is -0.285. The first-order chi connectivity index (χ1) is 9.44. The molecule has 0 spiro atoms. The van der Waals surface area contributed by atoms with Crippen molar-refractivity contribution in [2.75, 3.05) is 0 Å². The Balaban J connectivity index is 0.00000242. The van der Waals surface area contributed by atoms with Crippen molar-refractivity contribution in [2.45, 2.75) is 77.9 Å². The van der Waals surface area contributed by atoms with Gasteiger partial charge < -0.3 is 5.32 Å². The van der Waals surface area contributed by atoms with Crippen LogP contribution in [0.15, 0.2) is 0 Å². The molecule has 3 aliphatic rings. The summed E-state index contributed by atoms with van der Waals surface area (Å²) in [7, 11) is 0. The summed E-state index contributed by atoms with van der Waals surface area (Å²) in [5, 5.41) is 2.76. The van der Waals surface area contributed by atoms with Gasteiger partial charge in [-0.2, -0.15) is 13.2 Å². The van der Waals surface area contributed by atoms with Crippen LogP contribution in [0.2, 0.25) is 0 Å². The van der Waals surface area contributed by atoms with Gasteiger partial charge >= 0.3 is 6.18 Å². The van der Waals surface area contributed by atoms with Crippen LogP contribution in [0.25, 0.3) is 0 Å². The molecule has 1 amide bonds. The summed E-state index contributed by atoms with van der Waals surface area (Å²) in [5.41, 5.74) is -2.39. The summed E-state index contributed by atoms with van der Waals surface area (Å²) < 4.78 is 38.9. The van der Waals surface area contributed by atoms with Gasteiger partial charge in [0.1, 0.15) is 5.41 Å². The number of fused-ring (bicyclic) bond motifs is 3. The number of alkyl halides is 3. The molecular formula is C16H28F3NO. The van der Waals surface area contributed by atoms with Crippen molar-refractivity contribution in [3.8, 4) is 0 Å². The Morgan fingerprint density at radius 2 is 1.48 bits per heavy atom. The van der Waals surface area contributed by atoms with E-state index in [0.717, 1.165) is 52.4 Å². The van der Waals surface area contributed by atoms with Gasteiger partial charge in [0.2, 0.25) is 5.91 Å². The highest BCUT2D eigenvalue weighted by Crippen LogP contribution is 2.56. The normalized spacial score (nSPS) is 33.3. The molecule has 2 bridgehead atoms. The maximum atomic E-state index is 13.0. The second kappa shape index (κ2) is 4.88. The number of nitrogens with one attached hydrogen (secondary N) is 1. The van der Waals surface area contributed by atoms with Crippen molar-refractivity contribution < 1.29 is 19.4 Å². The van der Waals surface area contributed by atoms with Gasteiger partial charge in [-0.25, -0.2) is 0 Å². The third-order valence-corrected chi connectivity index (χ3v) is 6.18. The second-order valence-corrected chi connectivity index (χ2v) is 7.87. The Hall–Kier alpha value is -0.740. The molecule has 0 aromatic rings. The lowest BCUT2D eigenvalue weighted by Gasteiger charge is -2.56. The van der Waals surface area contributed by atoms with Gasteiger partial charge in [0.05, 0.1) is 0 Å². The van der Waals surface area contributed by atoms with Crippen molar-refractivity contribution in [1.29, 1.82) is 0 Å². The van der Waals surface area contributed by atoms with Gasteiger partial charge in [0, 0.05) is 6.97 Å². The molecule has 3 fully saturated rings. The molecule has 0 saturated heterocycles. The van der Waals surface area contributed by atoms with Gasteiger partial charge in [0.25, 0.3) is 0 Å². The Kier molecular flexibility index (Phi) is 3.87. The van der Waals surface area contributed by atoms with Gasteiger partial charge in [0.15, 0.2) is 0 Å². The lowest BCUT2D eigenvalue weighted by molar-refractivity contribution is -0.213. The van der Waals surface area contributed by atoms with Crippen molar-refractivity contribution in [3.05, 3.63) is 0 Å². The number of amides is 1. The zero-order valence-corrected chi connectivity index (χ0v) is 13.4. The third kappa shape index (κ3) is 2.68. The molecule has 124 valence electrons. The fourth-order valence-electron chi connectivity index (χ4n) is 3.79. The number of carbonyl (C=O) groups excluding carboxylic acids is 1. The fraction of sp³-hybridized carbons (Fsp3) is 0.938. The Labute approximate surface area is 126 Å². The molecule has 0 aliphatic heterocycles. The van der Waals surface area contributed by atoms with Gasteiger partial charge in [-0.15, -0.1) is 0 Å². The zero-order valence-electron chi connectivity index (χ0n) is 13.4. The third-order valence-electron chi connectivity index (χ3n) is 6.18. The molecule has 3 aliphatic carbocycles. The lowest BCUT2D eigenvalue weighted by Crippen LogP contribution is -2.61. The number of hydrogen-bond acceptors (Lipinski definition) is 1. The molecular weight excluding hydrogens is 279 g/mol. The minimum absolute atomic E-state index is 0. The Bertz CT molecular complexity index is 407. The van der Waals surface area contributed by atoms with E-state index >= 15 is 0 Å². The fourth-order valence-corrected chi connectivity index (χ4v) is 3.79. The number of hydrogen-bond donors (Lipinski definition) is 1. The van der Waals surface area contributed by atoms with Crippen molar-refractivity contribution in [2.24, 2.45) is 16.7 Å². The summed E-state index contributed by atoms with van der Waals surface area (Å²) >= 11 is 0. The minimum atomic E-state index is -4.52. The van der Waals surface area contributed by atoms with E-state index in [-0.39, 0.29) is 1.43 Å². The second-order valence-electron chi connectivity index (χ2n) is 7.87. The van der Waals surface area contributed by atoms with E-state index in [1.165, 1.54) is 0 Å². The van der Waals surface area contributed by atoms with Gasteiger partial charge in [-0.1, -0.05) is 13.8 Å². The lowest BCUT2D eigenvalue weighted by atomic mass is 9.53. The van der Waals surface area contributed by atoms with E-state index in [9.17, 15) is 18.0 Å². The van der Waals surface area contributed by atoms with Crippen LogP contribution in [-0.2, 0) is 4.79 Å². The smallest absolute Gasteiger partial charge is 0.350 e. The first-order valence-electron chi connectivity index (χ1n) is 7.84. The molecule has 0 atom stereocenters. The van der Waals surface area contributed by atoms with Crippen LogP contribution in [-0.4, -0.2) is 17.6 Å². The van der Waals surface area contributed by atoms with Crippen molar-refractivity contribution in [1.82, 2.24) is 5.32 Å². The molecule has 2 nitrogen and oxygen atoms in total. The number of carbonyl (C=O) groups is 1. The SMILES string of the molecule is CC(C)C12CCC(NC(=O)C(C)(C)C(F)(F)F)(CC1)CC2.[HH]. The highest BCUT2D eigenvalue weighted by atomic mass is 19.4. The average molecular weight is 307 g/mol. The molecule has 3 saturated carbocycles. The van der Waals surface area contributed by atoms with Crippen LogP contribution in [0.5, 0.6) is 0 Å². The standard InChI is InChI=1S/C16H26F3NO.H2/c1-11(2)14-5-8-15(9-6-14,10-7-14)20-12(21)13(3,4)16(17,18)19;/h11H,5-10H2,1-4H3,(H,20,21);1H. The summed E-state index contributed by atoms with van der Waals surface area (Å²) in [6, 6.07) is 0. The predicted molar refractivity (Wildman–Crippen MR) is 77.8 cm³/mol. The predicted octanol–water partition coefficient (Wildman–Crippen LogP) is 4.69. The maximum absolute atomic E-state index is 13.0. The largest absolute Gasteiger partial charge is 0.402 e. The van der Waals surface area contributed by atoms with E-state index in [1.54, 1.807) is 0 Å². The molecule has 0 radical (unpaired) electrons. The van der Waals surface area contributed by atoms with Crippen LogP contribution >= 0.6 is 0 Å². The number of rotatable bonds is 3. The molecule has 0 unspecified atom stereocenters. The van der Waals surface area contributed by atoms with E-state index in [0.29, 0.717) is 11.3 Å². The first kappa shape index (κ1) is 16.6. The zero-order chi connectivity index (χ0) is 16.1. The highest BCUT2D eigenvalue weighted by molar-refractivity contribution is 5.83. The van der Waals surface area contributed by atoms with Gasteiger partial charge in [-0.3, -0.25) is 4.79 Å². The molecule has 0 aromatic carbocycles. The van der Waals surface area contributed by atoms with E-state index < -0.39 is 23.0 Å². The summed E-state index contributed by atoms with van der Waals surface area (Å²) in [6.07, 6.45) is 0.950. The molecule has 0 heterocycles. The van der Waals surface area contributed by atoms with Gasteiger partial charge in [-0.05, 0) is 63.7 Å². The van der Waals surface area contributed by atoms with E-state index in [1.807, 2.05) is 0 Å². The Morgan fingerprint density at radius 1 is 1.05 bits per heavy atom.